The topological polar surface area (TPSA) is 66.9 Å². The number of nitrogens with zero attached hydrogens (tertiary/aromatic N) is 2. The van der Waals surface area contributed by atoms with Crippen LogP contribution in [0.2, 0.25) is 0 Å². The fraction of sp³-hybridized carbons (Fsp3) is 0.750. The zero-order valence-corrected chi connectivity index (χ0v) is 11.1. The second-order valence-corrected chi connectivity index (χ2v) is 4.43. The van der Waals surface area contributed by atoms with E-state index in [1.54, 1.807) is 6.92 Å². The number of ether oxygens (including phenoxy) is 1. The minimum absolute atomic E-state index is 0.233. The van der Waals surface area contributed by atoms with Gasteiger partial charge in [0, 0.05) is 13.7 Å². The van der Waals surface area contributed by atoms with E-state index >= 15 is 0 Å². The van der Waals surface area contributed by atoms with Crippen molar-refractivity contribution in [2.45, 2.75) is 39.2 Å². The summed E-state index contributed by atoms with van der Waals surface area (Å²) in [6.45, 7) is 4.35. The Balaban J connectivity index is 2.81. The number of carbonyl (C=O) groups is 3. The van der Waals surface area contributed by atoms with Crippen LogP contribution in [0.5, 0.6) is 0 Å². The summed E-state index contributed by atoms with van der Waals surface area (Å²) in [6.07, 6.45) is 1.40. The SMILES string of the molecule is CCCCN1C(=O)CC(=O)N(C(C)COC)C1=O. The summed E-state index contributed by atoms with van der Waals surface area (Å²) in [5.41, 5.74) is 0. The van der Waals surface area contributed by atoms with Gasteiger partial charge in [0.1, 0.15) is 6.42 Å². The first kappa shape index (κ1) is 14.6. The third kappa shape index (κ3) is 3.07. The van der Waals surface area contributed by atoms with E-state index in [-0.39, 0.29) is 19.1 Å². The fourth-order valence-electron chi connectivity index (χ4n) is 1.94. The van der Waals surface area contributed by atoms with Gasteiger partial charge in [-0.05, 0) is 13.3 Å². The molecule has 4 amide bonds. The van der Waals surface area contributed by atoms with Crippen molar-refractivity contribution < 1.29 is 19.1 Å². The second kappa shape index (κ2) is 6.49. The van der Waals surface area contributed by atoms with Crippen molar-refractivity contribution in [3.8, 4) is 0 Å². The van der Waals surface area contributed by atoms with Gasteiger partial charge in [-0.2, -0.15) is 0 Å². The van der Waals surface area contributed by atoms with Crippen LogP contribution in [0.15, 0.2) is 0 Å². The maximum absolute atomic E-state index is 12.1. The predicted molar refractivity (Wildman–Crippen MR) is 64.8 cm³/mol. The highest BCUT2D eigenvalue weighted by molar-refractivity contribution is 6.14. The molecule has 102 valence electrons. The Morgan fingerprint density at radius 3 is 2.50 bits per heavy atom. The van der Waals surface area contributed by atoms with Crippen LogP contribution in [-0.4, -0.2) is 53.9 Å². The van der Waals surface area contributed by atoms with Crippen LogP contribution >= 0.6 is 0 Å². The Morgan fingerprint density at radius 1 is 1.28 bits per heavy atom. The number of methoxy groups -OCH3 is 1. The second-order valence-electron chi connectivity index (χ2n) is 4.43. The Kier molecular flexibility index (Phi) is 5.27. The Labute approximate surface area is 107 Å². The summed E-state index contributed by atoms with van der Waals surface area (Å²) >= 11 is 0. The first-order valence-corrected chi connectivity index (χ1v) is 6.18. The van der Waals surface area contributed by atoms with Gasteiger partial charge in [-0.1, -0.05) is 13.3 Å². The molecule has 0 saturated carbocycles. The first-order chi connectivity index (χ1) is 8.52. The summed E-state index contributed by atoms with van der Waals surface area (Å²) < 4.78 is 4.95. The van der Waals surface area contributed by atoms with Crippen LogP contribution in [0.4, 0.5) is 4.79 Å². The van der Waals surface area contributed by atoms with Crippen LogP contribution in [0.1, 0.15) is 33.1 Å². The zero-order valence-electron chi connectivity index (χ0n) is 11.1. The highest BCUT2D eigenvalue weighted by Crippen LogP contribution is 2.16. The lowest BCUT2D eigenvalue weighted by molar-refractivity contribution is -0.144. The summed E-state index contributed by atoms with van der Waals surface area (Å²) in [6, 6.07) is -0.874. The normalized spacial score (nSPS) is 18.5. The van der Waals surface area contributed by atoms with E-state index in [0.717, 1.165) is 22.6 Å². The van der Waals surface area contributed by atoms with Crippen LogP contribution in [0.3, 0.4) is 0 Å². The van der Waals surface area contributed by atoms with Gasteiger partial charge >= 0.3 is 6.03 Å². The first-order valence-electron chi connectivity index (χ1n) is 6.18. The van der Waals surface area contributed by atoms with Gasteiger partial charge in [0.2, 0.25) is 11.8 Å². The number of carbonyl (C=O) groups excluding carboxylic acids is 3. The molecule has 0 aromatic heterocycles. The number of rotatable bonds is 6. The number of barbiturate groups is 1. The molecule has 0 radical (unpaired) electrons. The van der Waals surface area contributed by atoms with Gasteiger partial charge in [0.15, 0.2) is 0 Å². The molecule has 6 nitrogen and oxygen atoms in total. The lowest BCUT2D eigenvalue weighted by Gasteiger charge is -2.35. The van der Waals surface area contributed by atoms with Gasteiger partial charge in [-0.25, -0.2) is 4.79 Å². The molecule has 1 saturated heterocycles. The molecular weight excluding hydrogens is 236 g/mol. The molecule has 0 bridgehead atoms. The average Bonchev–Trinajstić information content (AvgIpc) is 2.28. The molecule has 1 unspecified atom stereocenters. The van der Waals surface area contributed by atoms with Gasteiger partial charge in [-0.3, -0.25) is 19.4 Å². The van der Waals surface area contributed by atoms with Gasteiger partial charge in [0.25, 0.3) is 0 Å². The summed E-state index contributed by atoms with van der Waals surface area (Å²) in [4.78, 5) is 37.8. The van der Waals surface area contributed by atoms with Crippen molar-refractivity contribution >= 4 is 17.8 Å². The molecule has 1 aliphatic heterocycles. The van der Waals surface area contributed by atoms with E-state index in [2.05, 4.69) is 0 Å². The van der Waals surface area contributed by atoms with E-state index in [9.17, 15) is 14.4 Å². The number of unbranched alkanes of at least 4 members (excludes halogenated alkanes) is 1. The highest BCUT2D eigenvalue weighted by Gasteiger charge is 2.39. The Bertz CT molecular complexity index is 343. The number of imide groups is 2. The maximum Gasteiger partial charge on any atom is 0.333 e. The lowest BCUT2D eigenvalue weighted by Crippen LogP contribution is -2.58. The van der Waals surface area contributed by atoms with E-state index in [0.29, 0.717) is 6.54 Å². The van der Waals surface area contributed by atoms with Crippen molar-refractivity contribution in [1.29, 1.82) is 0 Å². The molecule has 6 heteroatoms. The molecule has 18 heavy (non-hydrogen) atoms. The van der Waals surface area contributed by atoms with Crippen molar-refractivity contribution in [3.63, 3.8) is 0 Å². The van der Waals surface area contributed by atoms with Crippen molar-refractivity contribution in [2.24, 2.45) is 0 Å². The molecule has 1 fully saturated rings. The quantitative estimate of drug-likeness (QED) is 0.665. The van der Waals surface area contributed by atoms with Crippen LogP contribution in [0.25, 0.3) is 0 Å². The van der Waals surface area contributed by atoms with Gasteiger partial charge in [-0.15, -0.1) is 0 Å². The van der Waals surface area contributed by atoms with Crippen molar-refractivity contribution in [3.05, 3.63) is 0 Å². The third-order valence-electron chi connectivity index (χ3n) is 2.89. The molecule has 1 aliphatic rings. The van der Waals surface area contributed by atoms with E-state index < -0.39 is 17.8 Å². The number of amides is 4. The molecule has 0 spiro atoms. The molecule has 1 atom stereocenters. The summed E-state index contributed by atoms with van der Waals surface area (Å²) in [5, 5.41) is 0. The monoisotopic (exact) mass is 256 g/mol. The largest absolute Gasteiger partial charge is 0.383 e. The minimum atomic E-state index is -0.519. The van der Waals surface area contributed by atoms with E-state index in [1.165, 1.54) is 7.11 Å². The van der Waals surface area contributed by atoms with Crippen LogP contribution in [-0.2, 0) is 14.3 Å². The summed E-state index contributed by atoms with van der Waals surface area (Å²) in [7, 11) is 1.51. The molecule has 0 aliphatic carbocycles. The minimum Gasteiger partial charge on any atom is -0.383 e. The number of hydrogen-bond donors (Lipinski definition) is 0. The molecule has 0 aromatic carbocycles. The maximum atomic E-state index is 12.1. The zero-order chi connectivity index (χ0) is 13.7. The van der Waals surface area contributed by atoms with Crippen molar-refractivity contribution in [2.75, 3.05) is 20.3 Å². The highest BCUT2D eigenvalue weighted by atomic mass is 16.5. The molecular formula is C12H20N2O4. The molecule has 0 aromatic rings. The molecule has 1 heterocycles. The molecule has 1 rings (SSSR count). The number of urea groups is 1. The van der Waals surface area contributed by atoms with Crippen LogP contribution in [0, 0.1) is 0 Å². The fourth-order valence-corrected chi connectivity index (χ4v) is 1.94. The third-order valence-corrected chi connectivity index (χ3v) is 2.89. The van der Waals surface area contributed by atoms with E-state index in [1.807, 2.05) is 6.92 Å². The predicted octanol–water partition coefficient (Wildman–Crippen LogP) is 1.00. The standard InChI is InChI=1S/C12H20N2O4/c1-4-5-6-13-10(15)7-11(16)14(12(13)17)9(2)8-18-3/h9H,4-8H2,1-3H3. The van der Waals surface area contributed by atoms with Crippen LogP contribution < -0.4 is 0 Å². The van der Waals surface area contributed by atoms with E-state index in [4.69, 9.17) is 4.74 Å². The van der Waals surface area contributed by atoms with Gasteiger partial charge < -0.3 is 4.74 Å². The summed E-state index contributed by atoms with van der Waals surface area (Å²) in [5.74, 6) is -0.846. The smallest absolute Gasteiger partial charge is 0.333 e. The van der Waals surface area contributed by atoms with Crippen molar-refractivity contribution in [1.82, 2.24) is 9.80 Å². The Morgan fingerprint density at radius 2 is 1.94 bits per heavy atom. The Hall–Kier alpha value is -1.43. The lowest BCUT2D eigenvalue weighted by atomic mass is 10.2. The average molecular weight is 256 g/mol. The van der Waals surface area contributed by atoms with Gasteiger partial charge in [0.05, 0.1) is 12.6 Å². The molecule has 0 N–H and O–H groups in total. The number of hydrogen-bond acceptors (Lipinski definition) is 4.